The van der Waals surface area contributed by atoms with Crippen molar-refractivity contribution in [1.29, 1.82) is 0 Å². The molecule has 0 bridgehead atoms. The van der Waals surface area contributed by atoms with E-state index >= 15 is 0 Å². The highest BCUT2D eigenvalue weighted by molar-refractivity contribution is 7.13. The van der Waals surface area contributed by atoms with Gasteiger partial charge in [0.1, 0.15) is 12.0 Å². The highest BCUT2D eigenvalue weighted by Gasteiger charge is 2.44. The fourth-order valence-corrected chi connectivity index (χ4v) is 3.47. The number of carbonyl (C=O) groups is 1. The monoisotopic (exact) mass is 385 g/mol. The number of alkyl halides is 3. The van der Waals surface area contributed by atoms with Crippen LogP contribution >= 0.6 is 11.5 Å². The van der Waals surface area contributed by atoms with Crippen molar-refractivity contribution in [2.24, 2.45) is 0 Å². The third-order valence-corrected chi connectivity index (χ3v) is 4.81. The fraction of sp³-hybridized carbons (Fsp3) is 0.250. The minimum Gasteiger partial charge on any atom is -0.370 e. The minimum atomic E-state index is -4.70. The largest absolute Gasteiger partial charge is 0.431 e. The summed E-state index contributed by atoms with van der Waals surface area (Å²) >= 11 is 1.19. The topological polar surface area (TPSA) is 76.9 Å². The van der Waals surface area contributed by atoms with Crippen molar-refractivity contribution < 1.29 is 28.2 Å². The lowest BCUT2D eigenvalue weighted by atomic mass is 10.1. The molecule has 0 aliphatic carbocycles. The highest BCUT2D eigenvalue weighted by Crippen LogP contribution is 2.36. The molecule has 138 valence electrons. The molecule has 2 N–H and O–H groups in total. The van der Waals surface area contributed by atoms with E-state index in [9.17, 15) is 28.2 Å². The standard InChI is InChI=1S/C16H14F3N3O3S/c1-21-13(16(17,18)19)8-14(24)22(15(21)25)9-4-5-12-10(7-9)11(20-26-12)3-2-6-23/h2-8,14-15,24-25H,1H3. The summed E-state index contributed by atoms with van der Waals surface area (Å²) in [7, 11) is 1.09. The van der Waals surface area contributed by atoms with Gasteiger partial charge in [-0.05, 0) is 48.0 Å². The highest BCUT2D eigenvalue weighted by atomic mass is 32.1. The van der Waals surface area contributed by atoms with Crippen LogP contribution in [-0.2, 0) is 4.79 Å². The van der Waals surface area contributed by atoms with Crippen molar-refractivity contribution >= 4 is 39.7 Å². The van der Waals surface area contributed by atoms with E-state index in [0.717, 1.165) is 16.6 Å². The minimum absolute atomic E-state index is 0.308. The number of aldehydes is 1. The quantitative estimate of drug-likeness (QED) is 0.624. The number of allylic oxidation sites excluding steroid dienone is 2. The van der Waals surface area contributed by atoms with Crippen molar-refractivity contribution in [2.45, 2.75) is 18.8 Å². The number of halogens is 3. The van der Waals surface area contributed by atoms with E-state index in [1.54, 1.807) is 18.2 Å². The lowest BCUT2D eigenvalue weighted by Crippen LogP contribution is -2.56. The number of benzene rings is 1. The molecule has 0 spiro atoms. The first-order chi connectivity index (χ1) is 12.2. The van der Waals surface area contributed by atoms with E-state index in [2.05, 4.69) is 4.37 Å². The van der Waals surface area contributed by atoms with Crippen molar-refractivity contribution in [1.82, 2.24) is 9.27 Å². The van der Waals surface area contributed by atoms with Crippen LogP contribution in [0, 0.1) is 0 Å². The molecule has 0 amide bonds. The van der Waals surface area contributed by atoms with Crippen molar-refractivity contribution in [3.05, 3.63) is 41.7 Å². The Morgan fingerprint density at radius 1 is 1.31 bits per heavy atom. The number of aliphatic hydroxyl groups is 2. The summed E-state index contributed by atoms with van der Waals surface area (Å²) in [5, 5.41) is 21.1. The Morgan fingerprint density at radius 2 is 2.04 bits per heavy atom. The van der Waals surface area contributed by atoms with Crippen LogP contribution in [0.2, 0.25) is 0 Å². The maximum Gasteiger partial charge on any atom is 0.431 e. The Balaban J connectivity index is 2.04. The lowest BCUT2D eigenvalue weighted by molar-refractivity contribution is -0.133. The zero-order valence-electron chi connectivity index (χ0n) is 13.4. The summed E-state index contributed by atoms with van der Waals surface area (Å²) in [6.45, 7) is 0. The normalized spacial score (nSPS) is 21.5. The van der Waals surface area contributed by atoms with E-state index in [-0.39, 0.29) is 0 Å². The SMILES string of the molecule is CN1C(C(F)(F)F)=CC(O)N(c2ccc3snc(C=CC=O)c3c2)C1O. The zero-order chi connectivity index (χ0) is 19.1. The van der Waals surface area contributed by atoms with Gasteiger partial charge in [-0.2, -0.15) is 17.5 Å². The Hall–Kier alpha value is -2.43. The summed E-state index contributed by atoms with van der Waals surface area (Å²) in [4.78, 5) is 12.2. The Morgan fingerprint density at radius 3 is 2.69 bits per heavy atom. The molecule has 6 nitrogen and oxygen atoms in total. The van der Waals surface area contributed by atoms with Crippen LogP contribution in [0.4, 0.5) is 18.9 Å². The molecule has 10 heteroatoms. The summed E-state index contributed by atoms with van der Waals surface area (Å²) in [6, 6.07) is 4.85. The molecule has 0 radical (unpaired) electrons. The first-order valence-corrected chi connectivity index (χ1v) is 8.19. The van der Waals surface area contributed by atoms with E-state index < -0.39 is 24.5 Å². The third-order valence-electron chi connectivity index (χ3n) is 3.97. The van der Waals surface area contributed by atoms with Gasteiger partial charge in [0.25, 0.3) is 0 Å². The summed E-state index contributed by atoms with van der Waals surface area (Å²) < 4.78 is 44.0. The van der Waals surface area contributed by atoms with Crippen molar-refractivity contribution in [3.63, 3.8) is 0 Å². The second kappa shape index (κ2) is 6.71. The van der Waals surface area contributed by atoms with Gasteiger partial charge in [-0.3, -0.25) is 9.69 Å². The van der Waals surface area contributed by atoms with E-state index in [0.29, 0.717) is 34.0 Å². The number of carbonyl (C=O) groups excluding carboxylic acids is 1. The second-order valence-electron chi connectivity index (χ2n) is 5.57. The van der Waals surface area contributed by atoms with Crippen LogP contribution < -0.4 is 4.90 Å². The molecular formula is C16H14F3N3O3S. The predicted molar refractivity (Wildman–Crippen MR) is 91.1 cm³/mol. The molecule has 1 aromatic carbocycles. The van der Waals surface area contributed by atoms with Gasteiger partial charge in [0, 0.05) is 18.1 Å². The average molecular weight is 385 g/mol. The van der Waals surface area contributed by atoms with Gasteiger partial charge < -0.3 is 15.1 Å². The lowest BCUT2D eigenvalue weighted by Gasteiger charge is -2.43. The number of aromatic nitrogens is 1. The second-order valence-corrected chi connectivity index (χ2v) is 6.38. The van der Waals surface area contributed by atoms with Gasteiger partial charge >= 0.3 is 6.18 Å². The van der Waals surface area contributed by atoms with Crippen LogP contribution in [0.15, 0.2) is 36.0 Å². The van der Waals surface area contributed by atoms with Gasteiger partial charge in [0.15, 0.2) is 6.23 Å². The molecular weight excluding hydrogens is 371 g/mol. The number of hydrogen-bond donors (Lipinski definition) is 2. The Labute approximate surface area is 150 Å². The maximum absolute atomic E-state index is 13.0. The van der Waals surface area contributed by atoms with E-state index in [4.69, 9.17) is 0 Å². The average Bonchev–Trinajstić information content (AvgIpc) is 2.98. The van der Waals surface area contributed by atoms with Gasteiger partial charge in [-0.25, -0.2) is 0 Å². The number of rotatable bonds is 3. The van der Waals surface area contributed by atoms with Gasteiger partial charge in [0.05, 0.1) is 10.4 Å². The van der Waals surface area contributed by atoms with Gasteiger partial charge in [-0.15, -0.1) is 0 Å². The number of anilines is 1. The van der Waals surface area contributed by atoms with Crippen LogP contribution in [0.3, 0.4) is 0 Å². The number of hydrogen-bond acceptors (Lipinski definition) is 7. The summed E-state index contributed by atoms with van der Waals surface area (Å²) in [5.41, 5.74) is -0.302. The molecule has 2 unspecified atom stereocenters. The third kappa shape index (κ3) is 3.18. The van der Waals surface area contributed by atoms with Crippen molar-refractivity contribution in [2.75, 3.05) is 11.9 Å². The zero-order valence-corrected chi connectivity index (χ0v) is 14.2. The molecule has 1 aromatic heterocycles. The predicted octanol–water partition coefficient (Wildman–Crippen LogP) is 2.30. The summed E-state index contributed by atoms with van der Waals surface area (Å²) in [6.07, 6.45) is -4.07. The molecule has 0 saturated carbocycles. The Kier molecular flexibility index (Phi) is 4.74. The number of fused-ring (bicyclic) bond motifs is 1. The van der Waals surface area contributed by atoms with Crippen LogP contribution in [0.1, 0.15) is 5.69 Å². The first-order valence-electron chi connectivity index (χ1n) is 7.41. The van der Waals surface area contributed by atoms with E-state index in [1.165, 1.54) is 23.7 Å². The van der Waals surface area contributed by atoms with Crippen molar-refractivity contribution in [3.8, 4) is 0 Å². The molecule has 1 aliphatic rings. The van der Waals surface area contributed by atoms with Gasteiger partial charge in [0.2, 0.25) is 6.35 Å². The van der Waals surface area contributed by atoms with Gasteiger partial charge in [-0.1, -0.05) is 0 Å². The molecule has 2 heterocycles. The molecule has 2 aromatic rings. The van der Waals surface area contributed by atoms with Crippen LogP contribution in [0.25, 0.3) is 16.2 Å². The smallest absolute Gasteiger partial charge is 0.370 e. The molecule has 3 rings (SSSR count). The maximum atomic E-state index is 13.0. The number of nitrogens with zero attached hydrogens (tertiary/aromatic N) is 3. The number of aliphatic hydroxyl groups excluding tert-OH is 2. The molecule has 0 saturated heterocycles. The fourth-order valence-electron chi connectivity index (χ4n) is 2.72. The molecule has 0 fully saturated rings. The molecule has 2 atom stereocenters. The van der Waals surface area contributed by atoms with Crippen LogP contribution in [0.5, 0.6) is 0 Å². The molecule has 26 heavy (non-hydrogen) atoms. The first kappa shape index (κ1) is 18.4. The van der Waals surface area contributed by atoms with Crippen LogP contribution in [-0.4, -0.2) is 51.6 Å². The Bertz CT molecular complexity index is 894. The molecule has 1 aliphatic heterocycles. The summed E-state index contributed by atoms with van der Waals surface area (Å²) in [5.74, 6) is 0. The van der Waals surface area contributed by atoms with E-state index in [1.807, 2.05) is 0 Å².